The molecule has 1 aromatic heterocycles. The standard InChI is InChI=1S/C41H30N2/c1-4-12-31(13-5-1)33-20-24-36(25-21-33)43(37-26-22-34(23-27-37)32-14-6-2-7-15-32)38-28-29-41(42-30-38)40-19-11-10-18-39(40)35-16-8-3-9-17-35/h1-30H. The normalized spacial score (nSPS) is 10.8. The van der Waals surface area contributed by atoms with Gasteiger partial charge in [-0.1, -0.05) is 140 Å². The lowest BCUT2D eigenvalue weighted by Crippen LogP contribution is -2.10. The van der Waals surface area contributed by atoms with Crippen molar-refractivity contribution in [2.45, 2.75) is 0 Å². The molecule has 0 aliphatic carbocycles. The Bertz CT molecular complexity index is 1830. The van der Waals surface area contributed by atoms with Crippen molar-refractivity contribution in [1.82, 2.24) is 4.98 Å². The molecular weight excluding hydrogens is 520 g/mol. The summed E-state index contributed by atoms with van der Waals surface area (Å²) in [6.45, 7) is 0. The Balaban J connectivity index is 1.27. The van der Waals surface area contributed by atoms with E-state index < -0.39 is 0 Å². The highest BCUT2D eigenvalue weighted by molar-refractivity contribution is 5.84. The number of aromatic nitrogens is 1. The van der Waals surface area contributed by atoms with E-state index in [4.69, 9.17) is 4.98 Å². The summed E-state index contributed by atoms with van der Waals surface area (Å²) < 4.78 is 0. The summed E-state index contributed by atoms with van der Waals surface area (Å²) in [6, 6.07) is 61.7. The average molecular weight is 551 g/mol. The Kier molecular flexibility index (Phi) is 7.32. The summed E-state index contributed by atoms with van der Waals surface area (Å²) >= 11 is 0. The fourth-order valence-corrected chi connectivity index (χ4v) is 5.57. The first-order valence-electron chi connectivity index (χ1n) is 14.6. The van der Waals surface area contributed by atoms with Gasteiger partial charge in [0.1, 0.15) is 0 Å². The molecule has 0 fully saturated rings. The van der Waals surface area contributed by atoms with E-state index in [0.717, 1.165) is 28.3 Å². The molecule has 6 aromatic carbocycles. The highest BCUT2D eigenvalue weighted by atomic mass is 15.1. The van der Waals surface area contributed by atoms with Crippen molar-refractivity contribution in [2.24, 2.45) is 0 Å². The van der Waals surface area contributed by atoms with Gasteiger partial charge in [-0.05, 0) is 69.8 Å². The first kappa shape index (κ1) is 26.2. The van der Waals surface area contributed by atoms with Crippen LogP contribution >= 0.6 is 0 Å². The van der Waals surface area contributed by atoms with E-state index in [2.05, 4.69) is 163 Å². The Labute approximate surface area is 253 Å². The van der Waals surface area contributed by atoms with Crippen molar-refractivity contribution in [3.05, 3.63) is 182 Å². The lowest BCUT2D eigenvalue weighted by atomic mass is 9.97. The van der Waals surface area contributed by atoms with E-state index in [1.807, 2.05) is 24.4 Å². The zero-order chi connectivity index (χ0) is 28.8. The fourth-order valence-electron chi connectivity index (χ4n) is 5.57. The van der Waals surface area contributed by atoms with Crippen molar-refractivity contribution in [3.63, 3.8) is 0 Å². The van der Waals surface area contributed by atoms with E-state index in [1.54, 1.807) is 0 Å². The van der Waals surface area contributed by atoms with Crippen LogP contribution in [0.25, 0.3) is 44.6 Å². The molecule has 43 heavy (non-hydrogen) atoms. The Morgan fingerprint density at radius 3 is 1.16 bits per heavy atom. The predicted molar refractivity (Wildman–Crippen MR) is 181 cm³/mol. The second kappa shape index (κ2) is 12.0. The molecule has 0 bridgehead atoms. The van der Waals surface area contributed by atoms with Crippen LogP contribution in [0.4, 0.5) is 17.1 Å². The number of pyridine rings is 1. The highest BCUT2D eigenvalue weighted by Crippen LogP contribution is 2.38. The van der Waals surface area contributed by atoms with Crippen molar-refractivity contribution < 1.29 is 0 Å². The van der Waals surface area contributed by atoms with Gasteiger partial charge in [0.25, 0.3) is 0 Å². The second-order valence-corrected chi connectivity index (χ2v) is 10.5. The number of nitrogens with zero attached hydrogens (tertiary/aromatic N) is 2. The van der Waals surface area contributed by atoms with Crippen LogP contribution in [0, 0.1) is 0 Å². The maximum atomic E-state index is 5.00. The molecule has 0 radical (unpaired) electrons. The van der Waals surface area contributed by atoms with Gasteiger partial charge in [0.2, 0.25) is 0 Å². The van der Waals surface area contributed by atoms with Gasteiger partial charge < -0.3 is 4.90 Å². The van der Waals surface area contributed by atoms with Crippen LogP contribution in [-0.2, 0) is 0 Å². The van der Waals surface area contributed by atoms with E-state index in [0.29, 0.717) is 0 Å². The van der Waals surface area contributed by atoms with Gasteiger partial charge >= 0.3 is 0 Å². The molecule has 0 spiro atoms. The van der Waals surface area contributed by atoms with Gasteiger partial charge in [0, 0.05) is 16.9 Å². The van der Waals surface area contributed by atoms with Crippen LogP contribution in [0.1, 0.15) is 0 Å². The minimum Gasteiger partial charge on any atom is -0.309 e. The van der Waals surface area contributed by atoms with Crippen molar-refractivity contribution in [1.29, 1.82) is 0 Å². The largest absolute Gasteiger partial charge is 0.309 e. The minimum absolute atomic E-state index is 0.946. The lowest BCUT2D eigenvalue weighted by Gasteiger charge is -2.26. The number of hydrogen-bond acceptors (Lipinski definition) is 2. The molecule has 7 rings (SSSR count). The summed E-state index contributed by atoms with van der Waals surface area (Å²) in [7, 11) is 0. The number of anilines is 3. The molecular formula is C41H30N2. The summed E-state index contributed by atoms with van der Waals surface area (Å²) in [5, 5.41) is 0. The summed E-state index contributed by atoms with van der Waals surface area (Å²) in [6.07, 6.45) is 1.98. The zero-order valence-corrected chi connectivity index (χ0v) is 23.7. The zero-order valence-electron chi connectivity index (χ0n) is 23.7. The van der Waals surface area contributed by atoms with Crippen molar-refractivity contribution >= 4 is 17.1 Å². The minimum atomic E-state index is 0.946. The Morgan fingerprint density at radius 2 is 0.698 bits per heavy atom. The van der Waals surface area contributed by atoms with E-state index in [1.165, 1.54) is 33.4 Å². The topological polar surface area (TPSA) is 16.1 Å². The molecule has 0 aliphatic rings. The second-order valence-electron chi connectivity index (χ2n) is 10.5. The third-order valence-electron chi connectivity index (χ3n) is 7.76. The summed E-state index contributed by atoms with van der Waals surface area (Å²) in [5.74, 6) is 0. The summed E-state index contributed by atoms with van der Waals surface area (Å²) in [5.41, 5.74) is 12.4. The SMILES string of the molecule is c1ccc(-c2ccc(N(c3ccc(-c4ccccc4)cc3)c3ccc(-c4ccccc4-c4ccccc4)nc3)cc2)cc1. The van der Waals surface area contributed by atoms with Gasteiger partial charge in [-0.15, -0.1) is 0 Å². The molecule has 0 unspecified atom stereocenters. The van der Waals surface area contributed by atoms with Crippen LogP contribution in [0.15, 0.2) is 182 Å². The lowest BCUT2D eigenvalue weighted by molar-refractivity contribution is 1.23. The van der Waals surface area contributed by atoms with Crippen LogP contribution in [0.5, 0.6) is 0 Å². The molecule has 0 atom stereocenters. The molecule has 0 aliphatic heterocycles. The maximum Gasteiger partial charge on any atom is 0.0709 e. The van der Waals surface area contributed by atoms with Crippen LogP contribution in [-0.4, -0.2) is 4.98 Å². The number of benzene rings is 6. The Morgan fingerprint density at radius 1 is 0.302 bits per heavy atom. The molecule has 2 heteroatoms. The first-order chi connectivity index (χ1) is 21.3. The smallest absolute Gasteiger partial charge is 0.0709 e. The molecule has 7 aromatic rings. The average Bonchev–Trinajstić information content (AvgIpc) is 3.10. The third-order valence-corrected chi connectivity index (χ3v) is 7.76. The highest BCUT2D eigenvalue weighted by Gasteiger charge is 2.15. The van der Waals surface area contributed by atoms with Gasteiger partial charge in [-0.25, -0.2) is 0 Å². The van der Waals surface area contributed by atoms with Crippen molar-refractivity contribution in [3.8, 4) is 44.6 Å². The summed E-state index contributed by atoms with van der Waals surface area (Å²) in [4.78, 5) is 7.26. The van der Waals surface area contributed by atoms with Gasteiger partial charge in [0.05, 0.1) is 17.6 Å². The first-order valence-corrected chi connectivity index (χ1v) is 14.6. The third kappa shape index (κ3) is 5.59. The van der Waals surface area contributed by atoms with Crippen LogP contribution in [0.3, 0.4) is 0 Å². The molecule has 0 amide bonds. The quantitative estimate of drug-likeness (QED) is 0.196. The maximum absolute atomic E-state index is 5.00. The molecule has 204 valence electrons. The van der Waals surface area contributed by atoms with E-state index in [9.17, 15) is 0 Å². The monoisotopic (exact) mass is 550 g/mol. The van der Waals surface area contributed by atoms with Gasteiger partial charge in [0.15, 0.2) is 0 Å². The molecule has 0 saturated heterocycles. The molecule has 0 N–H and O–H groups in total. The number of rotatable bonds is 7. The van der Waals surface area contributed by atoms with Crippen LogP contribution < -0.4 is 4.90 Å². The molecule has 1 heterocycles. The Hall–Kier alpha value is -5.73. The van der Waals surface area contributed by atoms with E-state index >= 15 is 0 Å². The van der Waals surface area contributed by atoms with Crippen LogP contribution in [0.2, 0.25) is 0 Å². The number of hydrogen-bond donors (Lipinski definition) is 0. The van der Waals surface area contributed by atoms with E-state index in [-0.39, 0.29) is 0 Å². The van der Waals surface area contributed by atoms with Gasteiger partial charge in [-0.2, -0.15) is 0 Å². The fraction of sp³-hybridized carbons (Fsp3) is 0. The predicted octanol–water partition coefficient (Wildman–Crippen LogP) is 11.2. The van der Waals surface area contributed by atoms with Crippen molar-refractivity contribution in [2.75, 3.05) is 4.90 Å². The van der Waals surface area contributed by atoms with Gasteiger partial charge in [-0.3, -0.25) is 4.98 Å². The molecule has 2 nitrogen and oxygen atoms in total. The molecule has 0 saturated carbocycles.